The van der Waals surface area contributed by atoms with Crippen LogP contribution in [0, 0.1) is 0 Å². The quantitative estimate of drug-likeness (QED) is 0.326. The van der Waals surface area contributed by atoms with E-state index in [-0.39, 0.29) is 11.8 Å². The molecule has 0 radical (unpaired) electrons. The van der Waals surface area contributed by atoms with E-state index in [0.29, 0.717) is 18.7 Å². The number of rotatable bonds is 7. The van der Waals surface area contributed by atoms with Crippen molar-refractivity contribution < 1.29 is 9.59 Å². The van der Waals surface area contributed by atoms with E-state index in [1.54, 1.807) is 0 Å². The maximum atomic E-state index is 13.1. The first kappa shape index (κ1) is 24.6. The Morgan fingerprint density at radius 2 is 1.43 bits per heavy atom. The number of fused-ring (bicyclic) bond motifs is 1. The Labute approximate surface area is 218 Å². The molecule has 1 fully saturated rings. The summed E-state index contributed by atoms with van der Waals surface area (Å²) in [4.78, 5) is 30.0. The second-order valence-corrected chi connectivity index (χ2v) is 9.64. The van der Waals surface area contributed by atoms with E-state index < -0.39 is 0 Å². The number of carbonyl (C=O) groups excluding carboxylic acids is 2. The van der Waals surface area contributed by atoms with Gasteiger partial charge in [-0.15, -0.1) is 0 Å². The molecule has 4 aromatic rings. The number of hydrogen-bond acceptors (Lipinski definition) is 3. The molecule has 5 heteroatoms. The van der Waals surface area contributed by atoms with Gasteiger partial charge in [0.1, 0.15) is 0 Å². The summed E-state index contributed by atoms with van der Waals surface area (Å²) in [6.45, 7) is 5.09. The first-order valence-corrected chi connectivity index (χ1v) is 13.1. The van der Waals surface area contributed by atoms with Gasteiger partial charge in [-0.05, 0) is 77.7 Å². The van der Waals surface area contributed by atoms with Gasteiger partial charge in [-0.25, -0.2) is 0 Å². The monoisotopic (exact) mass is 491 g/mol. The number of nitrogens with one attached hydrogen (secondary N) is 1. The maximum Gasteiger partial charge on any atom is 0.255 e. The second kappa shape index (κ2) is 11.3. The molecule has 1 aliphatic heterocycles. The van der Waals surface area contributed by atoms with Gasteiger partial charge in [-0.3, -0.25) is 9.59 Å². The van der Waals surface area contributed by atoms with Crippen molar-refractivity contribution in [3.63, 3.8) is 0 Å². The molecule has 1 heterocycles. The zero-order valence-corrected chi connectivity index (χ0v) is 21.3. The van der Waals surface area contributed by atoms with Crippen LogP contribution in [-0.2, 0) is 6.42 Å². The van der Waals surface area contributed by atoms with Crippen LogP contribution in [0.1, 0.15) is 46.0 Å². The van der Waals surface area contributed by atoms with E-state index in [9.17, 15) is 9.59 Å². The zero-order chi connectivity index (χ0) is 25.6. The van der Waals surface area contributed by atoms with Crippen LogP contribution in [0.5, 0.6) is 0 Å². The molecule has 0 unspecified atom stereocenters. The minimum atomic E-state index is -0.101. The van der Waals surface area contributed by atoms with Gasteiger partial charge in [0.15, 0.2) is 0 Å². The van der Waals surface area contributed by atoms with Crippen LogP contribution in [0.25, 0.3) is 10.8 Å². The topological polar surface area (TPSA) is 52.7 Å². The molecule has 1 aliphatic rings. The normalized spacial score (nSPS) is 13.5. The molecule has 37 heavy (non-hydrogen) atoms. The number of aryl methyl sites for hydroxylation is 1. The molecular formula is C32H33N3O2. The van der Waals surface area contributed by atoms with Gasteiger partial charge in [0.05, 0.1) is 0 Å². The molecule has 1 saturated heterocycles. The summed E-state index contributed by atoms with van der Waals surface area (Å²) in [5.74, 6) is -0.0162. The van der Waals surface area contributed by atoms with Crippen LogP contribution >= 0.6 is 0 Å². The molecular weight excluding hydrogens is 458 g/mol. The minimum absolute atomic E-state index is 0.0851. The largest absolute Gasteiger partial charge is 0.368 e. The molecule has 0 saturated carbocycles. The number of benzene rings is 4. The van der Waals surface area contributed by atoms with Crippen molar-refractivity contribution in [2.45, 2.75) is 26.2 Å². The first-order chi connectivity index (χ1) is 18.1. The number of amides is 2. The van der Waals surface area contributed by atoms with Crippen LogP contribution in [0.2, 0.25) is 0 Å². The molecule has 188 valence electrons. The van der Waals surface area contributed by atoms with E-state index in [2.05, 4.69) is 23.2 Å². The first-order valence-electron chi connectivity index (χ1n) is 13.1. The van der Waals surface area contributed by atoms with Crippen molar-refractivity contribution in [1.82, 2.24) is 4.90 Å². The van der Waals surface area contributed by atoms with Gasteiger partial charge in [-0.2, -0.15) is 0 Å². The highest BCUT2D eigenvalue weighted by molar-refractivity contribution is 6.04. The van der Waals surface area contributed by atoms with Crippen molar-refractivity contribution in [3.8, 4) is 0 Å². The predicted octanol–water partition coefficient (Wildman–Crippen LogP) is 6.40. The number of hydrogen-bond donors (Lipinski definition) is 1. The van der Waals surface area contributed by atoms with Crippen LogP contribution in [0.15, 0.2) is 91.0 Å². The Morgan fingerprint density at radius 1 is 0.757 bits per heavy atom. The fourth-order valence-corrected chi connectivity index (χ4v) is 4.84. The molecule has 1 N–H and O–H groups in total. The lowest BCUT2D eigenvalue weighted by atomic mass is 10.1. The van der Waals surface area contributed by atoms with E-state index in [1.807, 2.05) is 89.8 Å². The van der Waals surface area contributed by atoms with Gasteiger partial charge in [0.2, 0.25) is 0 Å². The predicted molar refractivity (Wildman–Crippen MR) is 152 cm³/mol. The van der Waals surface area contributed by atoms with E-state index >= 15 is 0 Å². The summed E-state index contributed by atoms with van der Waals surface area (Å²) >= 11 is 0. The molecule has 0 bridgehead atoms. The van der Waals surface area contributed by atoms with Gasteiger partial charge in [0.25, 0.3) is 11.8 Å². The molecule has 0 atom stereocenters. The summed E-state index contributed by atoms with van der Waals surface area (Å²) < 4.78 is 0. The van der Waals surface area contributed by atoms with Gasteiger partial charge < -0.3 is 15.1 Å². The van der Waals surface area contributed by atoms with Crippen LogP contribution in [0.3, 0.4) is 0 Å². The summed E-state index contributed by atoms with van der Waals surface area (Å²) in [5.41, 5.74) is 4.53. The Morgan fingerprint density at radius 3 is 2.14 bits per heavy atom. The highest BCUT2D eigenvalue weighted by Gasteiger charge is 2.22. The molecule has 4 aromatic carbocycles. The molecule has 0 spiro atoms. The standard InChI is InChI=1S/C32H33N3O2/c1-2-3-6-24-9-11-26(12-10-24)31(36)33-29-15-17-30(18-16-29)34-19-21-35(22-20-34)32(37)28-14-13-25-7-4-5-8-27(25)23-28/h4-5,7-18,23H,2-3,6,19-22H2,1H3,(H,33,36). The van der Waals surface area contributed by atoms with Crippen molar-refractivity contribution in [3.05, 3.63) is 108 Å². The van der Waals surface area contributed by atoms with Crippen LogP contribution < -0.4 is 10.2 Å². The second-order valence-electron chi connectivity index (χ2n) is 9.64. The van der Waals surface area contributed by atoms with Crippen LogP contribution in [-0.4, -0.2) is 42.9 Å². The highest BCUT2D eigenvalue weighted by Crippen LogP contribution is 2.22. The average molecular weight is 492 g/mol. The SMILES string of the molecule is CCCCc1ccc(C(=O)Nc2ccc(N3CCN(C(=O)c4ccc5ccccc5c4)CC3)cc2)cc1. The van der Waals surface area contributed by atoms with Crippen molar-refractivity contribution in [2.75, 3.05) is 36.4 Å². The van der Waals surface area contributed by atoms with Crippen molar-refractivity contribution >= 4 is 34.0 Å². The molecule has 0 aromatic heterocycles. The number of piperazine rings is 1. The lowest BCUT2D eigenvalue weighted by molar-refractivity contribution is 0.0746. The van der Waals surface area contributed by atoms with E-state index in [0.717, 1.165) is 60.1 Å². The van der Waals surface area contributed by atoms with Gasteiger partial charge in [0, 0.05) is 48.7 Å². The Hall–Kier alpha value is -4.12. The molecule has 0 aliphatic carbocycles. The number of carbonyl (C=O) groups is 2. The third-order valence-electron chi connectivity index (χ3n) is 7.09. The summed E-state index contributed by atoms with van der Waals surface area (Å²) in [6, 6.07) is 29.8. The Kier molecular flexibility index (Phi) is 7.50. The third-order valence-corrected chi connectivity index (χ3v) is 7.09. The fraction of sp³-hybridized carbons (Fsp3) is 0.250. The summed E-state index contributed by atoms with van der Waals surface area (Å²) in [5, 5.41) is 5.22. The molecule has 5 nitrogen and oxygen atoms in total. The van der Waals surface area contributed by atoms with Gasteiger partial charge >= 0.3 is 0 Å². The smallest absolute Gasteiger partial charge is 0.255 e. The average Bonchev–Trinajstić information content (AvgIpc) is 2.96. The fourth-order valence-electron chi connectivity index (χ4n) is 4.84. The lowest BCUT2D eigenvalue weighted by Gasteiger charge is -2.36. The van der Waals surface area contributed by atoms with Crippen molar-refractivity contribution in [1.29, 1.82) is 0 Å². The highest BCUT2D eigenvalue weighted by atomic mass is 16.2. The van der Waals surface area contributed by atoms with Crippen molar-refractivity contribution in [2.24, 2.45) is 0 Å². The summed E-state index contributed by atoms with van der Waals surface area (Å²) in [6.07, 6.45) is 3.37. The minimum Gasteiger partial charge on any atom is -0.368 e. The van der Waals surface area contributed by atoms with Gasteiger partial charge in [-0.1, -0.05) is 55.8 Å². The summed E-state index contributed by atoms with van der Waals surface area (Å²) in [7, 11) is 0. The van der Waals surface area contributed by atoms with Crippen LogP contribution in [0.4, 0.5) is 11.4 Å². The number of nitrogens with zero attached hydrogens (tertiary/aromatic N) is 2. The number of unbranched alkanes of at least 4 members (excludes halogenated alkanes) is 1. The zero-order valence-electron chi connectivity index (χ0n) is 21.3. The Balaban J connectivity index is 1.15. The Bertz CT molecular complexity index is 1370. The van der Waals surface area contributed by atoms with E-state index in [4.69, 9.17) is 0 Å². The number of anilines is 2. The molecule has 5 rings (SSSR count). The third kappa shape index (κ3) is 5.83. The lowest BCUT2D eigenvalue weighted by Crippen LogP contribution is -2.48. The maximum absolute atomic E-state index is 13.1. The molecule has 2 amide bonds. The van der Waals surface area contributed by atoms with E-state index in [1.165, 1.54) is 5.56 Å².